The zero-order valence-corrected chi connectivity index (χ0v) is 8.42. The molecule has 1 atom stereocenters. The van der Waals surface area contributed by atoms with Gasteiger partial charge in [-0.05, 0) is 20.8 Å². The van der Waals surface area contributed by atoms with Crippen LogP contribution in [0.25, 0.3) is 0 Å². The van der Waals surface area contributed by atoms with Gasteiger partial charge in [-0.1, -0.05) is 5.92 Å². The average Bonchev–Trinajstić information content (AvgIpc) is 2.02. The number of carbonyl (C=O) groups excluding carboxylic acids is 1. The molecule has 0 spiro atoms. The third kappa shape index (κ3) is 4.36. The van der Waals surface area contributed by atoms with Crippen molar-refractivity contribution in [3.8, 4) is 12.3 Å². The highest BCUT2D eigenvalue weighted by Crippen LogP contribution is 1.97. The highest BCUT2D eigenvalue weighted by atomic mass is 16.4. The van der Waals surface area contributed by atoms with Crippen LogP contribution in [0.2, 0.25) is 0 Å². The lowest BCUT2D eigenvalue weighted by molar-refractivity contribution is -0.138. The van der Waals surface area contributed by atoms with E-state index in [0.717, 1.165) is 0 Å². The Bertz CT molecular complexity index is 278. The second-order valence-electron chi connectivity index (χ2n) is 3.43. The Morgan fingerprint density at radius 1 is 1.50 bits per heavy atom. The van der Waals surface area contributed by atoms with Crippen molar-refractivity contribution in [2.75, 3.05) is 0 Å². The minimum absolute atomic E-state index is 0.595. The molecule has 0 saturated heterocycles. The van der Waals surface area contributed by atoms with Crippen molar-refractivity contribution in [1.29, 1.82) is 0 Å². The Hall–Kier alpha value is -1.70. The molecule has 0 aromatic carbocycles. The molecule has 0 radical (unpaired) electrons. The van der Waals surface area contributed by atoms with Crippen LogP contribution in [-0.4, -0.2) is 28.7 Å². The van der Waals surface area contributed by atoms with Gasteiger partial charge in [0.2, 0.25) is 0 Å². The SMILES string of the molecule is C#CC(C)(C)NC(=O)N[C@H](C)C(=O)O. The van der Waals surface area contributed by atoms with E-state index < -0.39 is 23.6 Å². The summed E-state index contributed by atoms with van der Waals surface area (Å²) in [6.45, 7) is 4.64. The molecule has 0 bridgehead atoms. The van der Waals surface area contributed by atoms with Gasteiger partial charge in [0.1, 0.15) is 6.04 Å². The molecule has 3 N–H and O–H groups in total. The maximum absolute atomic E-state index is 11.2. The summed E-state index contributed by atoms with van der Waals surface area (Å²) in [7, 11) is 0. The van der Waals surface area contributed by atoms with Gasteiger partial charge in [0, 0.05) is 0 Å². The summed E-state index contributed by atoms with van der Waals surface area (Å²) >= 11 is 0. The minimum Gasteiger partial charge on any atom is -0.480 e. The second-order valence-corrected chi connectivity index (χ2v) is 3.43. The lowest BCUT2D eigenvalue weighted by atomic mass is 10.1. The van der Waals surface area contributed by atoms with E-state index in [-0.39, 0.29) is 0 Å². The molecule has 0 rings (SSSR count). The lowest BCUT2D eigenvalue weighted by Gasteiger charge is -2.20. The molecule has 5 heteroatoms. The van der Waals surface area contributed by atoms with Gasteiger partial charge in [0.15, 0.2) is 0 Å². The Labute approximate surface area is 82.9 Å². The number of carboxylic acids is 1. The average molecular weight is 198 g/mol. The zero-order chi connectivity index (χ0) is 11.4. The number of terminal acetylenes is 1. The van der Waals surface area contributed by atoms with Crippen molar-refractivity contribution in [2.45, 2.75) is 32.4 Å². The predicted molar refractivity (Wildman–Crippen MR) is 51.7 cm³/mol. The number of nitrogens with one attached hydrogen (secondary N) is 2. The highest BCUT2D eigenvalue weighted by molar-refractivity contribution is 5.82. The standard InChI is InChI=1S/C9H14N2O3/c1-5-9(3,4)11-8(14)10-6(2)7(12)13/h1,6H,2-4H3,(H,12,13)(H2,10,11,14)/t6-/m1/s1. The van der Waals surface area contributed by atoms with Crippen LogP contribution < -0.4 is 10.6 Å². The number of hydrogen-bond donors (Lipinski definition) is 3. The lowest BCUT2D eigenvalue weighted by Crippen LogP contribution is -2.51. The Balaban J connectivity index is 4.14. The molecule has 78 valence electrons. The summed E-state index contributed by atoms with van der Waals surface area (Å²) in [6, 6.07) is -1.54. The number of aliphatic carboxylic acids is 1. The van der Waals surface area contributed by atoms with Crippen molar-refractivity contribution >= 4 is 12.0 Å². The maximum Gasteiger partial charge on any atom is 0.325 e. The normalized spacial score (nSPS) is 12.4. The first kappa shape index (κ1) is 12.3. The summed E-state index contributed by atoms with van der Waals surface area (Å²) in [4.78, 5) is 21.5. The van der Waals surface area contributed by atoms with Crippen LogP contribution in [0.15, 0.2) is 0 Å². The summed E-state index contributed by atoms with van der Waals surface area (Å²) < 4.78 is 0. The Morgan fingerprint density at radius 2 is 2.00 bits per heavy atom. The van der Waals surface area contributed by atoms with Crippen molar-refractivity contribution in [2.24, 2.45) is 0 Å². The molecule has 0 aliphatic rings. The fourth-order valence-electron chi connectivity index (χ4n) is 0.614. The molecule has 14 heavy (non-hydrogen) atoms. The van der Waals surface area contributed by atoms with E-state index in [1.54, 1.807) is 13.8 Å². The molecule has 0 fully saturated rings. The summed E-state index contributed by atoms with van der Waals surface area (Å²) in [5.74, 6) is 1.26. The highest BCUT2D eigenvalue weighted by Gasteiger charge is 2.19. The van der Waals surface area contributed by atoms with E-state index in [1.165, 1.54) is 6.92 Å². The first-order valence-electron chi connectivity index (χ1n) is 4.08. The van der Waals surface area contributed by atoms with Crippen LogP contribution in [0, 0.1) is 12.3 Å². The molecule has 0 aromatic rings. The van der Waals surface area contributed by atoms with Gasteiger partial charge in [0.05, 0.1) is 5.54 Å². The van der Waals surface area contributed by atoms with Gasteiger partial charge >= 0.3 is 12.0 Å². The molecule has 0 aromatic heterocycles. The molecule has 5 nitrogen and oxygen atoms in total. The molecule has 2 amide bonds. The van der Waals surface area contributed by atoms with Gasteiger partial charge in [-0.3, -0.25) is 4.79 Å². The maximum atomic E-state index is 11.2. The number of hydrogen-bond acceptors (Lipinski definition) is 2. The largest absolute Gasteiger partial charge is 0.480 e. The van der Waals surface area contributed by atoms with E-state index in [9.17, 15) is 9.59 Å². The van der Waals surface area contributed by atoms with Gasteiger partial charge in [-0.25, -0.2) is 4.79 Å². The first-order chi connectivity index (χ1) is 6.28. The van der Waals surface area contributed by atoms with E-state index in [2.05, 4.69) is 16.6 Å². The topological polar surface area (TPSA) is 78.4 Å². The van der Waals surface area contributed by atoms with Gasteiger partial charge in [-0.2, -0.15) is 0 Å². The predicted octanol–water partition coefficient (Wildman–Crippen LogP) is 0.170. The molecule has 0 aliphatic carbocycles. The second kappa shape index (κ2) is 4.51. The minimum atomic E-state index is -1.10. The number of rotatable bonds is 3. The number of urea groups is 1. The number of amides is 2. The molecular weight excluding hydrogens is 184 g/mol. The monoisotopic (exact) mass is 198 g/mol. The third-order valence-electron chi connectivity index (χ3n) is 1.50. The van der Waals surface area contributed by atoms with E-state index in [4.69, 9.17) is 11.5 Å². The zero-order valence-electron chi connectivity index (χ0n) is 8.42. The molecule has 0 heterocycles. The molecule has 0 aliphatic heterocycles. The molecular formula is C9H14N2O3. The van der Waals surface area contributed by atoms with Crippen molar-refractivity contribution < 1.29 is 14.7 Å². The summed E-state index contributed by atoms with van der Waals surface area (Å²) in [5.41, 5.74) is -0.789. The summed E-state index contributed by atoms with van der Waals surface area (Å²) in [6.07, 6.45) is 5.14. The smallest absolute Gasteiger partial charge is 0.325 e. The quantitative estimate of drug-likeness (QED) is 0.566. The fourth-order valence-corrected chi connectivity index (χ4v) is 0.614. The van der Waals surface area contributed by atoms with Crippen LogP contribution in [-0.2, 0) is 4.79 Å². The van der Waals surface area contributed by atoms with Crippen LogP contribution in [0.3, 0.4) is 0 Å². The van der Waals surface area contributed by atoms with E-state index in [0.29, 0.717) is 0 Å². The fraction of sp³-hybridized carbons (Fsp3) is 0.556. The van der Waals surface area contributed by atoms with E-state index in [1.807, 2.05) is 0 Å². The van der Waals surface area contributed by atoms with Crippen molar-refractivity contribution in [3.05, 3.63) is 0 Å². The van der Waals surface area contributed by atoms with Crippen LogP contribution in [0.4, 0.5) is 4.79 Å². The van der Waals surface area contributed by atoms with Crippen molar-refractivity contribution in [1.82, 2.24) is 10.6 Å². The molecule has 0 saturated carbocycles. The van der Waals surface area contributed by atoms with Crippen molar-refractivity contribution in [3.63, 3.8) is 0 Å². The Morgan fingerprint density at radius 3 is 2.36 bits per heavy atom. The van der Waals surface area contributed by atoms with Crippen LogP contribution in [0.5, 0.6) is 0 Å². The summed E-state index contributed by atoms with van der Waals surface area (Å²) in [5, 5.41) is 13.2. The van der Waals surface area contributed by atoms with Gasteiger partial charge in [0.25, 0.3) is 0 Å². The van der Waals surface area contributed by atoms with Gasteiger partial charge in [-0.15, -0.1) is 6.42 Å². The molecule has 0 unspecified atom stereocenters. The van der Waals surface area contributed by atoms with Crippen LogP contribution >= 0.6 is 0 Å². The number of carboxylic acid groups (broad SMARTS) is 1. The Kier molecular flexibility index (Phi) is 3.96. The number of carbonyl (C=O) groups is 2. The third-order valence-corrected chi connectivity index (χ3v) is 1.50. The van der Waals surface area contributed by atoms with Gasteiger partial charge < -0.3 is 15.7 Å². The first-order valence-corrected chi connectivity index (χ1v) is 4.08. The van der Waals surface area contributed by atoms with Crippen LogP contribution in [0.1, 0.15) is 20.8 Å². The van der Waals surface area contributed by atoms with E-state index >= 15 is 0 Å².